The number of hydrogen-bond donors (Lipinski definition) is 3. The molecule has 0 bridgehead atoms. The summed E-state index contributed by atoms with van der Waals surface area (Å²) in [6.07, 6.45) is 0. The van der Waals surface area contributed by atoms with Crippen LogP contribution in [-0.2, 0) is 13.2 Å². The fourth-order valence-corrected chi connectivity index (χ4v) is 1.97. The molecule has 106 valence electrons. The lowest BCUT2D eigenvalue weighted by molar-refractivity contribution is 0.282. The lowest BCUT2D eigenvalue weighted by Gasteiger charge is -2.12. The zero-order valence-corrected chi connectivity index (χ0v) is 11.5. The molecule has 0 heterocycles. The van der Waals surface area contributed by atoms with E-state index in [1.807, 2.05) is 43.3 Å². The minimum absolute atomic E-state index is 0.00292. The van der Waals surface area contributed by atoms with Crippen LogP contribution in [0, 0.1) is 0 Å². The van der Waals surface area contributed by atoms with Gasteiger partial charge in [0.25, 0.3) is 0 Å². The highest BCUT2D eigenvalue weighted by Crippen LogP contribution is 2.27. The first-order valence-electron chi connectivity index (χ1n) is 6.62. The van der Waals surface area contributed by atoms with E-state index in [0.29, 0.717) is 18.9 Å². The summed E-state index contributed by atoms with van der Waals surface area (Å²) in [5.41, 5.74) is 2.76. The Kier molecular flexibility index (Phi) is 4.85. The predicted octanol–water partition coefficient (Wildman–Crippen LogP) is 2.90. The standard InChI is InChI=1S/C16H19NO3/c1-2-20-16-9-12(7-8-15(16)19)10-17-14-6-4-3-5-13(14)11-18/h3-9,17-19H,2,10-11H2,1H3. The number of aliphatic hydroxyl groups excluding tert-OH is 1. The minimum atomic E-state index is 0.00292. The quantitative estimate of drug-likeness (QED) is 0.757. The number of aromatic hydroxyl groups is 1. The minimum Gasteiger partial charge on any atom is -0.504 e. The van der Waals surface area contributed by atoms with E-state index < -0.39 is 0 Å². The molecule has 2 rings (SSSR count). The van der Waals surface area contributed by atoms with Crippen molar-refractivity contribution in [1.82, 2.24) is 0 Å². The monoisotopic (exact) mass is 273 g/mol. The Bertz CT molecular complexity index is 569. The van der Waals surface area contributed by atoms with E-state index >= 15 is 0 Å². The van der Waals surface area contributed by atoms with Gasteiger partial charge in [-0.25, -0.2) is 0 Å². The maximum absolute atomic E-state index is 9.66. The molecule has 3 N–H and O–H groups in total. The van der Waals surface area contributed by atoms with E-state index in [2.05, 4.69) is 5.32 Å². The summed E-state index contributed by atoms with van der Waals surface area (Å²) in [6.45, 7) is 2.99. The molecule has 4 nitrogen and oxygen atoms in total. The molecule has 2 aromatic carbocycles. The van der Waals surface area contributed by atoms with Crippen LogP contribution in [0.5, 0.6) is 11.5 Å². The zero-order valence-electron chi connectivity index (χ0n) is 11.5. The van der Waals surface area contributed by atoms with Crippen LogP contribution in [-0.4, -0.2) is 16.8 Å². The van der Waals surface area contributed by atoms with E-state index in [9.17, 15) is 10.2 Å². The summed E-state index contributed by atoms with van der Waals surface area (Å²) in [4.78, 5) is 0. The Labute approximate surface area is 118 Å². The molecule has 0 saturated heterocycles. The zero-order chi connectivity index (χ0) is 14.4. The maximum Gasteiger partial charge on any atom is 0.161 e. The number of benzene rings is 2. The number of phenolic OH excluding ortho intramolecular Hbond substituents is 1. The maximum atomic E-state index is 9.66. The highest BCUT2D eigenvalue weighted by atomic mass is 16.5. The number of ether oxygens (including phenoxy) is 1. The number of nitrogens with one attached hydrogen (secondary N) is 1. The van der Waals surface area contributed by atoms with Crippen molar-refractivity contribution in [1.29, 1.82) is 0 Å². The first-order chi connectivity index (χ1) is 9.74. The van der Waals surface area contributed by atoms with Crippen LogP contribution in [0.15, 0.2) is 42.5 Å². The van der Waals surface area contributed by atoms with Gasteiger partial charge in [0.05, 0.1) is 13.2 Å². The van der Waals surface area contributed by atoms with Gasteiger partial charge >= 0.3 is 0 Å². The number of phenols is 1. The van der Waals surface area contributed by atoms with Gasteiger partial charge in [0.15, 0.2) is 11.5 Å². The van der Waals surface area contributed by atoms with Crippen LogP contribution >= 0.6 is 0 Å². The number of para-hydroxylation sites is 1. The van der Waals surface area contributed by atoms with Crippen LogP contribution in [0.1, 0.15) is 18.1 Å². The third kappa shape index (κ3) is 3.42. The Balaban J connectivity index is 2.09. The summed E-state index contributed by atoms with van der Waals surface area (Å²) in [5, 5.41) is 22.2. The van der Waals surface area contributed by atoms with Crippen LogP contribution < -0.4 is 10.1 Å². The van der Waals surface area contributed by atoms with Crippen molar-refractivity contribution >= 4 is 5.69 Å². The topological polar surface area (TPSA) is 61.7 Å². The fourth-order valence-electron chi connectivity index (χ4n) is 1.97. The molecule has 4 heteroatoms. The van der Waals surface area contributed by atoms with Gasteiger partial charge in [-0.3, -0.25) is 0 Å². The molecule has 0 amide bonds. The number of anilines is 1. The Morgan fingerprint density at radius 1 is 1.15 bits per heavy atom. The van der Waals surface area contributed by atoms with Crippen LogP contribution in [0.4, 0.5) is 5.69 Å². The van der Waals surface area contributed by atoms with Crippen molar-refractivity contribution in [2.45, 2.75) is 20.1 Å². The summed E-state index contributed by atoms with van der Waals surface area (Å²) >= 11 is 0. The molecule has 0 unspecified atom stereocenters. The fraction of sp³-hybridized carbons (Fsp3) is 0.250. The van der Waals surface area contributed by atoms with Crippen LogP contribution in [0.3, 0.4) is 0 Å². The van der Waals surface area contributed by atoms with Gasteiger partial charge in [0.2, 0.25) is 0 Å². The van der Waals surface area contributed by atoms with E-state index in [0.717, 1.165) is 16.8 Å². The second-order valence-electron chi connectivity index (χ2n) is 4.40. The molecular formula is C16H19NO3. The highest BCUT2D eigenvalue weighted by Gasteiger charge is 2.04. The third-order valence-corrected chi connectivity index (χ3v) is 2.99. The van der Waals surface area contributed by atoms with E-state index in [4.69, 9.17) is 4.74 Å². The van der Waals surface area contributed by atoms with Gasteiger partial charge in [0, 0.05) is 17.8 Å². The smallest absolute Gasteiger partial charge is 0.161 e. The molecule has 2 aromatic rings. The lowest BCUT2D eigenvalue weighted by atomic mass is 10.1. The average molecular weight is 273 g/mol. The van der Waals surface area contributed by atoms with E-state index in [1.54, 1.807) is 6.07 Å². The van der Waals surface area contributed by atoms with Crippen LogP contribution in [0.25, 0.3) is 0 Å². The molecule has 0 spiro atoms. The van der Waals surface area contributed by atoms with Gasteiger partial charge in [-0.1, -0.05) is 24.3 Å². The molecule has 0 fully saturated rings. The second-order valence-corrected chi connectivity index (χ2v) is 4.40. The SMILES string of the molecule is CCOc1cc(CNc2ccccc2CO)ccc1O. The van der Waals surface area contributed by atoms with Crippen molar-refractivity contribution < 1.29 is 14.9 Å². The van der Waals surface area contributed by atoms with Crippen molar-refractivity contribution in [2.75, 3.05) is 11.9 Å². The molecule has 0 radical (unpaired) electrons. The van der Waals surface area contributed by atoms with Gasteiger partial charge in [-0.15, -0.1) is 0 Å². The highest BCUT2D eigenvalue weighted by molar-refractivity contribution is 5.51. The number of hydrogen-bond acceptors (Lipinski definition) is 4. The molecule has 0 aliphatic heterocycles. The largest absolute Gasteiger partial charge is 0.504 e. The van der Waals surface area contributed by atoms with Gasteiger partial charge in [0.1, 0.15) is 0 Å². The molecule has 0 saturated carbocycles. The van der Waals surface area contributed by atoms with Crippen molar-refractivity contribution in [3.05, 3.63) is 53.6 Å². The Morgan fingerprint density at radius 3 is 2.70 bits per heavy atom. The molecule has 0 atom stereocenters. The second kappa shape index (κ2) is 6.82. The van der Waals surface area contributed by atoms with E-state index in [-0.39, 0.29) is 12.4 Å². The molecular weight excluding hydrogens is 254 g/mol. The Hall–Kier alpha value is -2.20. The average Bonchev–Trinajstić information content (AvgIpc) is 2.48. The van der Waals surface area contributed by atoms with E-state index in [1.165, 1.54) is 0 Å². The van der Waals surface area contributed by atoms with Gasteiger partial charge in [-0.05, 0) is 30.7 Å². The molecule has 0 aromatic heterocycles. The van der Waals surface area contributed by atoms with Gasteiger partial charge < -0.3 is 20.3 Å². The number of aliphatic hydroxyl groups is 1. The summed E-state index contributed by atoms with van der Waals surface area (Å²) in [7, 11) is 0. The first-order valence-corrected chi connectivity index (χ1v) is 6.62. The number of rotatable bonds is 6. The molecule has 20 heavy (non-hydrogen) atoms. The normalized spacial score (nSPS) is 10.3. The van der Waals surface area contributed by atoms with Crippen molar-refractivity contribution in [2.24, 2.45) is 0 Å². The van der Waals surface area contributed by atoms with Crippen molar-refractivity contribution in [3.8, 4) is 11.5 Å². The van der Waals surface area contributed by atoms with Crippen molar-refractivity contribution in [3.63, 3.8) is 0 Å². The summed E-state index contributed by atoms with van der Waals surface area (Å²) in [5.74, 6) is 0.633. The molecule has 0 aliphatic rings. The summed E-state index contributed by atoms with van der Waals surface area (Å²) < 4.78 is 5.36. The third-order valence-electron chi connectivity index (χ3n) is 2.99. The predicted molar refractivity (Wildman–Crippen MR) is 79.0 cm³/mol. The first kappa shape index (κ1) is 14.2. The van der Waals surface area contributed by atoms with Crippen LogP contribution in [0.2, 0.25) is 0 Å². The lowest BCUT2D eigenvalue weighted by Crippen LogP contribution is -2.03. The Morgan fingerprint density at radius 2 is 1.95 bits per heavy atom. The molecule has 0 aliphatic carbocycles. The summed E-state index contributed by atoms with van der Waals surface area (Å²) in [6, 6.07) is 12.9. The van der Waals surface area contributed by atoms with Gasteiger partial charge in [-0.2, -0.15) is 0 Å².